The highest BCUT2D eigenvalue weighted by atomic mass is 35.5. The molecule has 0 saturated carbocycles. The first-order valence-electron chi connectivity index (χ1n) is 4.43. The van der Waals surface area contributed by atoms with E-state index >= 15 is 0 Å². The lowest BCUT2D eigenvalue weighted by atomic mass is 10.1. The van der Waals surface area contributed by atoms with Gasteiger partial charge in [-0.2, -0.15) is 0 Å². The minimum atomic E-state index is 0.0832. The zero-order chi connectivity index (χ0) is 10.7. The van der Waals surface area contributed by atoms with Crippen molar-refractivity contribution in [3.8, 4) is 0 Å². The van der Waals surface area contributed by atoms with E-state index in [1.54, 1.807) is 24.5 Å². The van der Waals surface area contributed by atoms with Crippen molar-refractivity contribution in [1.29, 1.82) is 0 Å². The van der Waals surface area contributed by atoms with Crippen LogP contribution in [0.5, 0.6) is 0 Å². The highest BCUT2D eigenvalue weighted by Crippen LogP contribution is 2.22. The molecule has 2 aromatic rings. The van der Waals surface area contributed by atoms with Gasteiger partial charge in [0.2, 0.25) is 0 Å². The van der Waals surface area contributed by atoms with Gasteiger partial charge < -0.3 is 0 Å². The number of hydrogen-bond donors (Lipinski definition) is 0. The molecule has 0 saturated heterocycles. The molecule has 2 rings (SSSR count). The Labute approximate surface area is 96.5 Å². The van der Waals surface area contributed by atoms with Crippen molar-refractivity contribution in [2.24, 2.45) is 0 Å². The maximum absolute atomic E-state index is 11.8. The molecule has 0 N–H and O–H groups in total. The van der Waals surface area contributed by atoms with E-state index in [4.69, 9.17) is 11.6 Å². The van der Waals surface area contributed by atoms with Crippen molar-refractivity contribution < 1.29 is 4.79 Å². The summed E-state index contributed by atoms with van der Waals surface area (Å²) in [6, 6.07) is 7.21. The molecule has 15 heavy (non-hydrogen) atoms. The molecule has 0 unspecified atom stereocenters. The van der Waals surface area contributed by atoms with E-state index in [0.717, 1.165) is 5.56 Å². The Morgan fingerprint density at radius 1 is 1.40 bits per heavy atom. The molecule has 76 valence electrons. The lowest BCUT2D eigenvalue weighted by molar-refractivity contribution is 0.0997. The van der Waals surface area contributed by atoms with Gasteiger partial charge in [0, 0.05) is 18.8 Å². The van der Waals surface area contributed by atoms with Gasteiger partial charge in [-0.15, -0.1) is 11.3 Å². The fourth-order valence-electron chi connectivity index (χ4n) is 1.24. The number of hydrogen-bond acceptors (Lipinski definition) is 3. The topological polar surface area (TPSA) is 30.0 Å². The molecule has 2 nitrogen and oxygen atoms in total. The van der Waals surface area contributed by atoms with Crippen LogP contribution < -0.4 is 0 Å². The van der Waals surface area contributed by atoms with Crippen LogP contribution in [-0.4, -0.2) is 10.8 Å². The standard InChI is InChI=1S/C11H8ClNOS/c12-11-4-3-10(15-11)9(14)6-8-2-1-5-13-7-8/h1-5,7H,6H2. The maximum atomic E-state index is 11.8. The van der Waals surface area contributed by atoms with Crippen LogP contribution in [0.15, 0.2) is 36.7 Å². The first kappa shape index (κ1) is 10.3. The molecule has 0 aromatic carbocycles. The van der Waals surface area contributed by atoms with Crippen LogP contribution in [-0.2, 0) is 6.42 Å². The summed E-state index contributed by atoms with van der Waals surface area (Å²) in [7, 11) is 0. The van der Waals surface area contributed by atoms with Crippen LogP contribution >= 0.6 is 22.9 Å². The largest absolute Gasteiger partial charge is 0.293 e. The predicted molar refractivity (Wildman–Crippen MR) is 61.6 cm³/mol. The molecular weight excluding hydrogens is 230 g/mol. The quantitative estimate of drug-likeness (QED) is 0.768. The van der Waals surface area contributed by atoms with E-state index in [-0.39, 0.29) is 5.78 Å². The monoisotopic (exact) mass is 237 g/mol. The summed E-state index contributed by atoms with van der Waals surface area (Å²) < 4.78 is 0.643. The average molecular weight is 238 g/mol. The summed E-state index contributed by atoms with van der Waals surface area (Å²) in [6.45, 7) is 0. The maximum Gasteiger partial charge on any atom is 0.177 e. The van der Waals surface area contributed by atoms with Gasteiger partial charge in [-0.25, -0.2) is 0 Å². The van der Waals surface area contributed by atoms with Crippen LogP contribution in [0.3, 0.4) is 0 Å². The Kier molecular flexibility index (Phi) is 3.14. The summed E-state index contributed by atoms with van der Waals surface area (Å²) >= 11 is 7.07. The van der Waals surface area contributed by atoms with Crippen molar-refractivity contribution in [1.82, 2.24) is 4.98 Å². The Morgan fingerprint density at radius 3 is 2.87 bits per heavy atom. The van der Waals surface area contributed by atoms with Crippen molar-refractivity contribution in [2.45, 2.75) is 6.42 Å². The normalized spacial score (nSPS) is 10.2. The molecule has 0 radical (unpaired) electrons. The second-order valence-corrected chi connectivity index (χ2v) is 4.78. The third-order valence-electron chi connectivity index (χ3n) is 1.94. The summed E-state index contributed by atoms with van der Waals surface area (Å²) in [5.74, 6) is 0.0832. The summed E-state index contributed by atoms with van der Waals surface area (Å²) in [5, 5.41) is 0. The van der Waals surface area contributed by atoms with Crippen LogP contribution in [0.2, 0.25) is 4.34 Å². The first-order valence-corrected chi connectivity index (χ1v) is 5.62. The second-order valence-electron chi connectivity index (χ2n) is 3.06. The number of aromatic nitrogens is 1. The van der Waals surface area contributed by atoms with E-state index in [2.05, 4.69) is 4.98 Å². The lowest BCUT2D eigenvalue weighted by Crippen LogP contribution is -2.00. The number of ketones is 1. The zero-order valence-corrected chi connectivity index (χ0v) is 9.39. The second kappa shape index (κ2) is 4.55. The number of pyridine rings is 1. The number of carbonyl (C=O) groups is 1. The van der Waals surface area contributed by atoms with Gasteiger partial charge in [0.25, 0.3) is 0 Å². The molecule has 0 fully saturated rings. The number of carbonyl (C=O) groups excluding carboxylic acids is 1. The van der Waals surface area contributed by atoms with E-state index in [0.29, 0.717) is 15.6 Å². The Hall–Kier alpha value is -1.19. The highest BCUT2D eigenvalue weighted by Gasteiger charge is 2.09. The third-order valence-corrected chi connectivity index (χ3v) is 3.21. The van der Waals surface area contributed by atoms with Crippen molar-refractivity contribution in [2.75, 3.05) is 0 Å². The Morgan fingerprint density at radius 2 is 2.27 bits per heavy atom. The molecule has 0 aliphatic heterocycles. The van der Waals surface area contributed by atoms with Crippen LogP contribution in [0.1, 0.15) is 15.2 Å². The van der Waals surface area contributed by atoms with Gasteiger partial charge in [-0.3, -0.25) is 9.78 Å². The molecule has 2 aromatic heterocycles. The predicted octanol–water partition coefficient (Wildman–Crippen LogP) is 3.22. The van der Waals surface area contributed by atoms with Crippen molar-refractivity contribution in [3.63, 3.8) is 0 Å². The summed E-state index contributed by atoms with van der Waals surface area (Å²) in [6.07, 6.45) is 3.77. The molecule has 2 heterocycles. The molecule has 0 amide bonds. The van der Waals surface area contributed by atoms with Gasteiger partial charge in [-0.1, -0.05) is 17.7 Å². The number of halogens is 1. The Bertz CT molecular complexity index is 466. The number of thiophene rings is 1. The molecule has 0 bridgehead atoms. The van der Waals surface area contributed by atoms with Gasteiger partial charge >= 0.3 is 0 Å². The third kappa shape index (κ3) is 2.64. The van der Waals surface area contributed by atoms with Gasteiger partial charge in [0.15, 0.2) is 5.78 Å². The molecule has 0 atom stereocenters. The average Bonchev–Trinajstić information content (AvgIpc) is 2.66. The van der Waals surface area contributed by atoms with Crippen molar-refractivity contribution in [3.05, 3.63) is 51.4 Å². The van der Waals surface area contributed by atoms with Crippen LogP contribution in [0, 0.1) is 0 Å². The van der Waals surface area contributed by atoms with E-state index in [1.807, 2.05) is 12.1 Å². The highest BCUT2D eigenvalue weighted by molar-refractivity contribution is 7.18. The van der Waals surface area contributed by atoms with E-state index < -0.39 is 0 Å². The zero-order valence-electron chi connectivity index (χ0n) is 7.81. The smallest absolute Gasteiger partial charge is 0.177 e. The molecule has 0 aliphatic carbocycles. The van der Waals surface area contributed by atoms with Gasteiger partial charge in [0.05, 0.1) is 9.21 Å². The van der Waals surface area contributed by atoms with Crippen LogP contribution in [0.25, 0.3) is 0 Å². The molecule has 4 heteroatoms. The lowest BCUT2D eigenvalue weighted by Gasteiger charge is -1.97. The minimum absolute atomic E-state index is 0.0832. The summed E-state index contributed by atoms with van der Waals surface area (Å²) in [5.41, 5.74) is 0.923. The number of rotatable bonds is 3. The van der Waals surface area contributed by atoms with E-state index in [1.165, 1.54) is 11.3 Å². The van der Waals surface area contributed by atoms with Crippen molar-refractivity contribution >= 4 is 28.7 Å². The Balaban J connectivity index is 2.11. The van der Waals surface area contributed by atoms with Gasteiger partial charge in [-0.05, 0) is 23.8 Å². The number of nitrogens with zero attached hydrogens (tertiary/aromatic N) is 1. The summed E-state index contributed by atoms with van der Waals surface area (Å²) in [4.78, 5) is 16.4. The van der Waals surface area contributed by atoms with Gasteiger partial charge in [0.1, 0.15) is 0 Å². The fourth-order valence-corrected chi connectivity index (χ4v) is 2.22. The molecule has 0 spiro atoms. The minimum Gasteiger partial charge on any atom is -0.293 e. The number of Topliss-reactive ketones (excluding diaryl/α,β-unsaturated/α-hetero) is 1. The van der Waals surface area contributed by atoms with E-state index in [9.17, 15) is 4.79 Å². The first-order chi connectivity index (χ1) is 7.25. The van der Waals surface area contributed by atoms with Crippen LogP contribution in [0.4, 0.5) is 0 Å². The fraction of sp³-hybridized carbons (Fsp3) is 0.0909. The molecular formula is C11H8ClNOS. The SMILES string of the molecule is O=C(Cc1cccnc1)c1ccc(Cl)s1. The molecule has 0 aliphatic rings.